The van der Waals surface area contributed by atoms with Gasteiger partial charge in [0, 0.05) is 13.1 Å². The second-order valence-corrected chi connectivity index (χ2v) is 3.06. The van der Waals surface area contributed by atoms with Crippen LogP contribution in [0.3, 0.4) is 0 Å². The van der Waals surface area contributed by atoms with Gasteiger partial charge in [0.2, 0.25) is 0 Å². The second kappa shape index (κ2) is 2.68. The van der Waals surface area contributed by atoms with Gasteiger partial charge in [0.1, 0.15) is 10.9 Å². The molecule has 1 heterocycles. The Labute approximate surface area is 52.1 Å². The molecule has 1 fully saturated rings. The smallest absolute Gasteiger partial charge is 0.114 e. The molecule has 1 aliphatic heterocycles. The number of aliphatic hydroxyl groups is 2. The number of rotatable bonds is 0. The highest BCUT2D eigenvalue weighted by molar-refractivity contribution is 8.00. The molecule has 0 spiro atoms. The van der Waals surface area contributed by atoms with Crippen molar-refractivity contribution in [2.75, 3.05) is 13.1 Å². The van der Waals surface area contributed by atoms with Crippen LogP contribution in [0, 0.1) is 0 Å². The van der Waals surface area contributed by atoms with Gasteiger partial charge in [-0.1, -0.05) is 11.8 Å². The molecule has 0 aromatic heterocycles. The first kappa shape index (κ1) is 6.35. The quantitative estimate of drug-likeness (QED) is 0.397. The third kappa shape index (κ3) is 1.63. The predicted octanol–water partition coefficient (Wildman–Crippen LogP) is -1.04. The van der Waals surface area contributed by atoms with Crippen molar-refractivity contribution < 1.29 is 10.2 Å². The molecule has 1 aliphatic rings. The third-order valence-electron chi connectivity index (χ3n) is 0.952. The van der Waals surface area contributed by atoms with Crippen LogP contribution in [0.2, 0.25) is 0 Å². The second-order valence-electron chi connectivity index (χ2n) is 1.70. The van der Waals surface area contributed by atoms with Gasteiger partial charge in [-0.2, -0.15) is 0 Å². The van der Waals surface area contributed by atoms with Crippen LogP contribution >= 0.6 is 11.8 Å². The van der Waals surface area contributed by atoms with E-state index in [1.807, 2.05) is 0 Å². The van der Waals surface area contributed by atoms with E-state index in [2.05, 4.69) is 5.32 Å². The summed E-state index contributed by atoms with van der Waals surface area (Å²) in [7, 11) is 0. The summed E-state index contributed by atoms with van der Waals surface area (Å²) in [6, 6.07) is 0. The van der Waals surface area contributed by atoms with Crippen molar-refractivity contribution in [3.63, 3.8) is 0 Å². The van der Waals surface area contributed by atoms with Crippen molar-refractivity contribution in [1.82, 2.24) is 5.32 Å². The normalized spacial score (nSPS) is 39.8. The lowest BCUT2D eigenvalue weighted by atomic mass is 10.6. The molecular weight excluding hydrogens is 126 g/mol. The zero-order valence-electron chi connectivity index (χ0n) is 4.37. The van der Waals surface area contributed by atoms with Gasteiger partial charge in [0.15, 0.2) is 0 Å². The maximum Gasteiger partial charge on any atom is 0.114 e. The molecule has 3 N–H and O–H groups in total. The molecule has 0 saturated carbocycles. The van der Waals surface area contributed by atoms with Crippen LogP contribution in [0.4, 0.5) is 0 Å². The molecule has 3 nitrogen and oxygen atoms in total. The highest BCUT2D eigenvalue weighted by Gasteiger charge is 2.16. The first-order valence-electron chi connectivity index (χ1n) is 2.51. The molecule has 1 rings (SSSR count). The minimum atomic E-state index is -0.432. The van der Waals surface area contributed by atoms with Gasteiger partial charge in [0.25, 0.3) is 0 Å². The van der Waals surface area contributed by atoms with Crippen molar-refractivity contribution in [2.24, 2.45) is 0 Å². The van der Waals surface area contributed by atoms with Crippen LogP contribution in [-0.2, 0) is 0 Å². The monoisotopic (exact) mass is 135 g/mol. The highest BCUT2D eigenvalue weighted by Crippen LogP contribution is 2.15. The van der Waals surface area contributed by atoms with Crippen LogP contribution < -0.4 is 5.32 Å². The fourth-order valence-electron chi connectivity index (χ4n) is 0.608. The average Bonchev–Trinajstić information content (AvgIpc) is 1.64. The number of aliphatic hydroxyl groups excluding tert-OH is 2. The third-order valence-corrected chi connectivity index (χ3v) is 1.91. The van der Waals surface area contributed by atoms with Crippen molar-refractivity contribution in [3.8, 4) is 0 Å². The number of hydrogen-bond donors (Lipinski definition) is 3. The summed E-state index contributed by atoms with van der Waals surface area (Å²) < 4.78 is 0. The van der Waals surface area contributed by atoms with E-state index in [0.29, 0.717) is 13.1 Å². The van der Waals surface area contributed by atoms with Gasteiger partial charge in [-0.25, -0.2) is 0 Å². The Morgan fingerprint density at radius 2 is 1.75 bits per heavy atom. The fourth-order valence-corrected chi connectivity index (χ4v) is 1.40. The van der Waals surface area contributed by atoms with Gasteiger partial charge in [-0.3, -0.25) is 0 Å². The Balaban J connectivity index is 2.23. The summed E-state index contributed by atoms with van der Waals surface area (Å²) in [4.78, 5) is 0. The molecular formula is C4H9NO2S. The lowest BCUT2D eigenvalue weighted by molar-refractivity contribution is 0.203. The molecule has 2 unspecified atom stereocenters. The van der Waals surface area contributed by atoms with Crippen molar-refractivity contribution >= 4 is 11.8 Å². The van der Waals surface area contributed by atoms with E-state index >= 15 is 0 Å². The topological polar surface area (TPSA) is 52.5 Å². The number of β-amino-alcohol motifs (C(OH)–C–C–N with tert-alkyl or cyclic N) is 2. The average molecular weight is 135 g/mol. The molecule has 4 heteroatoms. The maximum atomic E-state index is 8.82. The summed E-state index contributed by atoms with van der Waals surface area (Å²) in [5, 5.41) is 20.5. The van der Waals surface area contributed by atoms with E-state index in [4.69, 9.17) is 10.2 Å². The van der Waals surface area contributed by atoms with Crippen LogP contribution in [0.25, 0.3) is 0 Å². The van der Waals surface area contributed by atoms with E-state index < -0.39 is 10.9 Å². The van der Waals surface area contributed by atoms with E-state index in [0.717, 1.165) is 0 Å². The van der Waals surface area contributed by atoms with E-state index in [1.54, 1.807) is 0 Å². The van der Waals surface area contributed by atoms with Crippen LogP contribution in [-0.4, -0.2) is 34.2 Å². The van der Waals surface area contributed by atoms with Crippen molar-refractivity contribution in [3.05, 3.63) is 0 Å². The largest absolute Gasteiger partial charge is 0.381 e. The van der Waals surface area contributed by atoms with Gasteiger partial charge in [0.05, 0.1) is 0 Å². The number of hydrogen-bond acceptors (Lipinski definition) is 4. The molecule has 0 bridgehead atoms. The SMILES string of the molecule is OC1CNCC(O)S1. The van der Waals surface area contributed by atoms with E-state index in [9.17, 15) is 0 Å². The Hall–Kier alpha value is 0.230. The first-order chi connectivity index (χ1) is 3.79. The molecule has 0 amide bonds. The summed E-state index contributed by atoms with van der Waals surface area (Å²) >= 11 is 1.19. The fraction of sp³-hybridized carbons (Fsp3) is 1.00. The molecule has 0 aromatic carbocycles. The van der Waals surface area contributed by atoms with E-state index in [-0.39, 0.29) is 0 Å². The number of nitrogens with one attached hydrogen (secondary N) is 1. The molecule has 8 heavy (non-hydrogen) atoms. The Kier molecular flexibility index (Phi) is 2.13. The summed E-state index contributed by atoms with van der Waals surface area (Å²) in [5.74, 6) is 0. The Bertz CT molecular complexity index is 72.4. The predicted molar refractivity (Wildman–Crippen MR) is 32.5 cm³/mol. The molecule has 0 aliphatic carbocycles. The lowest BCUT2D eigenvalue weighted by Gasteiger charge is -2.21. The highest BCUT2D eigenvalue weighted by atomic mass is 32.2. The zero-order valence-corrected chi connectivity index (χ0v) is 5.19. The van der Waals surface area contributed by atoms with Gasteiger partial charge >= 0.3 is 0 Å². The summed E-state index contributed by atoms with van der Waals surface area (Å²) in [6.07, 6.45) is 0. The summed E-state index contributed by atoms with van der Waals surface area (Å²) in [5.41, 5.74) is -0.863. The Morgan fingerprint density at radius 1 is 1.25 bits per heavy atom. The molecule has 0 aromatic rings. The molecule has 2 atom stereocenters. The van der Waals surface area contributed by atoms with Crippen LogP contribution in [0.15, 0.2) is 0 Å². The minimum Gasteiger partial charge on any atom is -0.381 e. The minimum absolute atomic E-state index is 0.432. The lowest BCUT2D eigenvalue weighted by Crippen LogP contribution is -2.37. The van der Waals surface area contributed by atoms with Gasteiger partial charge in [-0.05, 0) is 0 Å². The summed E-state index contributed by atoms with van der Waals surface area (Å²) in [6.45, 7) is 1.17. The van der Waals surface area contributed by atoms with Gasteiger partial charge in [-0.15, -0.1) is 0 Å². The van der Waals surface area contributed by atoms with Gasteiger partial charge < -0.3 is 15.5 Å². The number of thioether (sulfide) groups is 1. The van der Waals surface area contributed by atoms with Crippen LogP contribution in [0.1, 0.15) is 0 Å². The van der Waals surface area contributed by atoms with E-state index in [1.165, 1.54) is 11.8 Å². The standard InChI is InChI=1S/C4H9NO2S/c6-3-1-5-2-4(7)8-3/h3-7H,1-2H2. The maximum absolute atomic E-state index is 8.82. The Morgan fingerprint density at radius 3 is 2.00 bits per heavy atom. The zero-order chi connectivity index (χ0) is 5.98. The molecule has 0 radical (unpaired) electrons. The molecule has 1 saturated heterocycles. The first-order valence-corrected chi connectivity index (χ1v) is 3.45. The molecule has 48 valence electrons. The van der Waals surface area contributed by atoms with Crippen molar-refractivity contribution in [2.45, 2.75) is 10.9 Å². The van der Waals surface area contributed by atoms with Crippen LogP contribution in [0.5, 0.6) is 0 Å². The van der Waals surface area contributed by atoms with Crippen molar-refractivity contribution in [1.29, 1.82) is 0 Å².